The van der Waals surface area contributed by atoms with E-state index in [0.29, 0.717) is 31.8 Å². The molecule has 1 saturated heterocycles. The Balaban J connectivity index is 1.35. The highest BCUT2D eigenvalue weighted by molar-refractivity contribution is 6.99. The van der Waals surface area contributed by atoms with Crippen molar-refractivity contribution in [1.29, 1.82) is 0 Å². The van der Waals surface area contributed by atoms with Crippen LogP contribution in [-0.4, -0.2) is 55.8 Å². The Labute approximate surface area is 318 Å². The maximum absolute atomic E-state index is 14.4. The topological polar surface area (TPSA) is 72.5 Å². The highest BCUT2D eigenvalue weighted by atomic mass is 28.4. The van der Waals surface area contributed by atoms with Crippen LogP contribution in [0.1, 0.15) is 67.2 Å². The number of carbonyl (C=O) groups is 1. The number of carbonyl (C=O) groups excluding carboxylic acids is 1. The molecule has 0 aromatic heterocycles. The molecule has 0 radical (unpaired) electrons. The second-order valence-corrected chi connectivity index (χ2v) is 24.8. The molecule has 4 bridgehead atoms. The normalized spacial score (nSPS) is 21.5. The Morgan fingerprint density at radius 1 is 0.849 bits per heavy atom. The fourth-order valence-electron chi connectivity index (χ4n) is 8.91. The summed E-state index contributed by atoms with van der Waals surface area (Å²) in [4.78, 5) is 14.4. The summed E-state index contributed by atoms with van der Waals surface area (Å²) < 4.78 is 38.8. The Morgan fingerprint density at radius 3 is 2.02 bits per heavy atom. The van der Waals surface area contributed by atoms with Crippen LogP contribution in [0.4, 0.5) is 0 Å². The number of hydrogen-bond acceptors (Lipinski definition) is 7. The van der Waals surface area contributed by atoms with E-state index in [4.69, 9.17) is 27.8 Å². The zero-order valence-electron chi connectivity index (χ0n) is 32.7. The standard InChI is InChI=1S/C44H58O7Si2/c1-8-52(9-2,10-3)51-40-33(31-47-32-48-35-26-24-34(46-7)25-27-35)30-44(39-23-17-22-38(40)41(39)50-42(44)45)28-29-49-53(43(4,5)6,36-18-13-11-14-19-36)37-20-15-12-16-21-37/h11-16,18-21,23-27,38,41H,8-10,17,22,28-32H2,1-7H3/t38-,41+,44-/m1/s1. The molecular formula is C44H58O7Si2. The van der Waals surface area contributed by atoms with Crippen LogP contribution in [0, 0.1) is 11.3 Å². The fourth-order valence-corrected chi connectivity index (χ4v) is 16.2. The molecule has 3 aliphatic rings. The third kappa shape index (κ3) is 7.55. The summed E-state index contributed by atoms with van der Waals surface area (Å²) in [5.74, 6) is 2.29. The van der Waals surface area contributed by atoms with Crippen molar-refractivity contribution in [2.45, 2.75) is 96.5 Å². The van der Waals surface area contributed by atoms with Crippen molar-refractivity contribution in [3.05, 3.63) is 108 Å². The summed E-state index contributed by atoms with van der Waals surface area (Å²) in [5, 5.41) is 2.27. The van der Waals surface area contributed by atoms with Crippen molar-refractivity contribution in [1.82, 2.24) is 0 Å². The zero-order chi connectivity index (χ0) is 37.7. The quantitative estimate of drug-likeness (QED) is 0.0448. The minimum absolute atomic E-state index is 0.0291. The van der Waals surface area contributed by atoms with Gasteiger partial charge in [-0.15, -0.1) is 0 Å². The average Bonchev–Trinajstić information content (AvgIpc) is 3.44. The Bertz CT molecular complexity index is 1700. The number of esters is 1. The highest BCUT2D eigenvalue weighted by Crippen LogP contribution is 2.57. The minimum atomic E-state index is -2.83. The first kappa shape index (κ1) is 39.1. The smallest absolute Gasteiger partial charge is 0.317 e. The number of rotatable bonds is 17. The van der Waals surface area contributed by atoms with Gasteiger partial charge in [-0.25, -0.2) is 0 Å². The first-order valence-electron chi connectivity index (χ1n) is 19.5. The molecule has 3 aromatic rings. The molecule has 0 saturated carbocycles. The SMILES string of the molecule is CC[Si](CC)(CC)OC1=C(COCOc2ccc(OC)cc2)C[C@@]2(CCO[Si](c3ccccc3)(c3ccccc3)C(C)(C)C)C(=O)O[C@@H]3C2=CCC[C@H]13. The molecule has 1 heterocycles. The monoisotopic (exact) mass is 754 g/mol. The molecule has 1 aliphatic heterocycles. The van der Waals surface area contributed by atoms with Crippen molar-refractivity contribution < 1.29 is 32.6 Å². The molecule has 0 unspecified atom stereocenters. The van der Waals surface area contributed by atoms with E-state index in [1.807, 2.05) is 24.3 Å². The van der Waals surface area contributed by atoms with Crippen LogP contribution in [0.2, 0.25) is 23.2 Å². The van der Waals surface area contributed by atoms with Crippen molar-refractivity contribution >= 4 is 33.0 Å². The summed E-state index contributed by atoms with van der Waals surface area (Å²) in [6.45, 7) is 14.5. The maximum atomic E-state index is 14.4. The van der Waals surface area contributed by atoms with Crippen LogP contribution in [0.15, 0.2) is 108 Å². The third-order valence-corrected chi connectivity index (χ3v) is 21.6. The van der Waals surface area contributed by atoms with Gasteiger partial charge in [0.2, 0.25) is 8.32 Å². The van der Waals surface area contributed by atoms with E-state index < -0.39 is 22.0 Å². The van der Waals surface area contributed by atoms with E-state index in [1.165, 1.54) is 10.4 Å². The predicted molar refractivity (Wildman–Crippen MR) is 216 cm³/mol. The third-order valence-electron chi connectivity index (χ3n) is 12.1. The van der Waals surface area contributed by atoms with Crippen molar-refractivity contribution in [2.75, 3.05) is 27.1 Å². The largest absolute Gasteiger partial charge is 0.546 e. The van der Waals surface area contributed by atoms with Gasteiger partial charge in [0.25, 0.3) is 8.32 Å². The maximum Gasteiger partial charge on any atom is 0.317 e. The molecular weight excluding hydrogens is 697 g/mol. The van der Waals surface area contributed by atoms with E-state index in [9.17, 15) is 4.79 Å². The van der Waals surface area contributed by atoms with E-state index in [0.717, 1.165) is 53.6 Å². The second kappa shape index (κ2) is 16.4. The van der Waals surface area contributed by atoms with Crippen molar-refractivity contribution in [2.24, 2.45) is 11.3 Å². The van der Waals surface area contributed by atoms with Gasteiger partial charge >= 0.3 is 5.97 Å². The summed E-state index contributed by atoms with van der Waals surface area (Å²) in [6, 6.07) is 31.9. The zero-order valence-corrected chi connectivity index (χ0v) is 34.7. The number of methoxy groups -OCH3 is 1. The molecule has 3 aromatic carbocycles. The summed E-state index contributed by atoms with van der Waals surface area (Å²) in [7, 11) is -3.26. The lowest BCUT2D eigenvalue weighted by Gasteiger charge is -2.43. The first-order chi connectivity index (χ1) is 25.6. The highest BCUT2D eigenvalue weighted by Gasteiger charge is 2.60. The Morgan fingerprint density at radius 2 is 1.45 bits per heavy atom. The summed E-state index contributed by atoms with van der Waals surface area (Å²) in [5.41, 5.74) is 1.30. The molecule has 284 valence electrons. The second-order valence-electron chi connectivity index (χ2n) is 15.8. The van der Waals surface area contributed by atoms with Crippen LogP contribution in [0.3, 0.4) is 0 Å². The van der Waals surface area contributed by atoms with E-state index in [-0.39, 0.29) is 29.8 Å². The number of allylic oxidation sites excluding steroid dienone is 1. The number of ether oxygens (including phenoxy) is 4. The van der Waals surface area contributed by atoms with Gasteiger partial charge in [0.05, 0.1) is 30.8 Å². The van der Waals surface area contributed by atoms with Gasteiger partial charge in [-0.05, 0) is 94.6 Å². The molecule has 1 fully saturated rings. The lowest BCUT2D eigenvalue weighted by Crippen LogP contribution is -2.66. The van der Waals surface area contributed by atoms with Gasteiger partial charge < -0.3 is 27.8 Å². The molecule has 7 nitrogen and oxygen atoms in total. The van der Waals surface area contributed by atoms with E-state index >= 15 is 0 Å². The Hall–Kier alpha value is -3.64. The number of benzene rings is 3. The van der Waals surface area contributed by atoms with Crippen LogP contribution >= 0.6 is 0 Å². The lowest BCUT2D eigenvalue weighted by atomic mass is 9.71. The van der Waals surface area contributed by atoms with Gasteiger partial charge in [-0.3, -0.25) is 4.79 Å². The van der Waals surface area contributed by atoms with Gasteiger partial charge in [-0.2, -0.15) is 0 Å². The molecule has 9 heteroatoms. The summed E-state index contributed by atoms with van der Waals surface area (Å²) in [6.07, 6.45) is 4.71. The van der Waals surface area contributed by atoms with Gasteiger partial charge in [0, 0.05) is 6.61 Å². The molecule has 0 N–H and O–H groups in total. The minimum Gasteiger partial charge on any atom is -0.546 e. The van der Waals surface area contributed by atoms with Crippen molar-refractivity contribution in [3.8, 4) is 11.5 Å². The van der Waals surface area contributed by atoms with Crippen LogP contribution in [-0.2, 0) is 23.1 Å². The van der Waals surface area contributed by atoms with Crippen LogP contribution in [0.5, 0.6) is 11.5 Å². The first-order valence-corrected chi connectivity index (χ1v) is 23.9. The predicted octanol–water partition coefficient (Wildman–Crippen LogP) is 8.94. The van der Waals surface area contributed by atoms with Gasteiger partial charge in [0.1, 0.15) is 17.6 Å². The van der Waals surface area contributed by atoms with Crippen LogP contribution in [0.25, 0.3) is 0 Å². The van der Waals surface area contributed by atoms with E-state index in [1.54, 1.807) is 7.11 Å². The molecule has 0 amide bonds. The molecule has 0 spiro atoms. The summed E-state index contributed by atoms with van der Waals surface area (Å²) >= 11 is 0. The fraction of sp³-hybridized carbons (Fsp3) is 0.477. The van der Waals surface area contributed by atoms with Gasteiger partial charge in [-0.1, -0.05) is 108 Å². The van der Waals surface area contributed by atoms with Gasteiger partial charge in [0.15, 0.2) is 6.79 Å². The van der Waals surface area contributed by atoms with E-state index in [2.05, 4.69) is 108 Å². The molecule has 53 heavy (non-hydrogen) atoms. The molecule has 3 atom stereocenters. The number of hydrogen-bond donors (Lipinski definition) is 0. The molecule has 6 rings (SSSR count). The molecule has 2 aliphatic carbocycles. The lowest BCUT2D eigenvalue weighted by molar-refractivity contribution is -0.151. The average molecular weight is 755 g/mol. The van der Waals surface area contributed by atoms with Crippen molar-refractivity contribution in [3.63, 3.8) is 0 Å². The van der Waals surface area contributed by atoms with Crippen LogP contribution < -0.4 is 19.8 Å². The Kier molecular flexibility index (Phi) is 12.1.